The van der Waals surface area contributed by atoms with Crippen molar-refractivity contribution in [3.8, 4) is 11.1 Å². The fourth-order valence-corrected chi connectivity index (χ4v) is 10.3. The molecule has 6 aromatic rings. The molecule has 0 atom stereocenters. The van der Waals surface area contributed by atoms with Crippen LogP contribution in [0.4, 0.5) is 28.4 Å². The van der Waals surface area contributed by atoms with Gasteiger partial charge in [-0.2, -0.15) is 15.2 Å². The minimum absolute atomic E-state index is 0.0607. The normalized spacial score (nSPS) is 11.3. The second-order valence-corrected chi connectivity index (χ2v) is 20.3. The van der Waals surface area contributed by atoms with Crippen molar-refractivity contribution in [1.82, 2.24) is 21.5 Å². The monoisotopic (exact) mass is 1080 g/mol. The Morgan fingerprint density at radius 1 is 0.671 bits per heavy atom. The number of nitrogens with zero attached hydrogens (tertiary/aromatic N) is 2. The predicted octanol–water partition coefficient (Wildman–Crippen LogP) is 5.45. The van der Waals surface area contributed by atoms with Gasteiger partial charge in [-0.15, -0.1) is 0 Å². The Labute approximate surface area is 440 Å². The molecule has 1 heterocycles. The Morgan fingerprint density at radius 3 is 1.95 bits per heavy atom. The third kappa shape index (κ3) is 15.9. The van der Waals surface area contributed by atoms with Crippen LogP contribution in [0.15, 0.2) is 136 Å². The summed E-state index contributed by atoms with van der Waals surface area (Å²) in [4.78, 5) is 55.1. The average molecular weight is 1080 g/mol. The highest BCUT2D eigenvalue weighted by molar-refractivity contribution is 7.93. The number of aryl methyl sites for hydroxylation is 2. The van der Waals surface area contributed by atoms with E-state index in [0.29, 0.717) is 71.4 Å². The van der Waals surface area contributed by atoms with Crippen LogP contribution in [0, 0.1) is 33.2 Å². The molecule has 0 fully saturated rings. The molecule has 0 saturated heterocycles. The van der Waals surface area contributed by atoms with E-state index in [2.05, 4.69) is 46.8 Å². The van der Waals surface area contributed by atoms with E-state index in [1.165, 1.54) is 48.1 Å². The molecular formula is C52H60N11O11S2+. The van der Waals surface area contributed by atoms with Crippen LogP contribution in [0.25, 0.3) is 11.1 Å². The Kier molecular flexibility index (Phi) is 20.2. The maximum absolute atomic E-state index is 13.5. The number of rotatable bonds is 26. The smallest absolute Gasteiger partial charge is 0.327 e. The van der Waals surface area contributed by atoms with Crippen molar-refractivity contribution in [1.29, 1.82) is 5.53 Å². The highest BCUT2D eigenvalue weighted by atomic mass is 32.2. The van der Waals surface area contributed by atoms with Gasteiger partial charge in [0.15, 0.2) is 12.4 Å². The molecule has 5 aromatic carbocycles. The van der Waals surface area contributed by atoms with Gasteiger partial charge in [0.2, 0.25) is 6.54 Å². The summed E-state index contributed by atoms with van der Waals surface area (Å²) in [5, 5.41) is 11.2. The number of likely N-dealkylation sites (N-methyl/N-ethyl adjacent to an activating group) is 1. The molecular weight excluding hydrogens is 1020 g/mol. The predicted molar refractivity (Wildman–Crippen MR) is 284 cm³/mol. The largest absolute Gasteiger partial charge is 0.378 e. The standard InChI is InChI=1S/C52H59N11O11S2/c1-34-11-21-45(75(68,69)61-43-17-13-41(58-53)14-18-43)36(3)48(34)39-9-6-8-38(30-39)33-74-56-24-27-73-29-28-72-26-23-55-50(65)40-10-7-25-63(31-40)32-47(64)57-49-35(2)12-22-46(37(49)4)76(70,71)62-44-19-15-42(16-20-44)59-60-52(67)51(66)54-5/h6-22,25,30-31,56H,23-24,26-29,32-33H2,1-5H3,(H7-,53,54,55,57,58,59,60,61,62,64,65,66,67)/p+1. The number of carbonyl (C=O) groups is 4. The van der Waals surface area contributed by atoms with Gasteiger partial charge in [0.25, 0.3) is 31.9 Å². The zero-order valence-electron chi connectivity index (χ0n) is 42.4. The van der Waals surface area contributed by atoms with Crippen LogP contribution in [0.2, 0.25) is 0 Å². The van der Waals surface area contributed by atoms with Crippen LogP contribution in [-0.2, 0) is 61.9 Å². The first-order valence-electron chi connectivity index (χ1n) is 23.7. The molecule has 24 heteroatoms. The van der Waals surface area contributed by atoms with E-state index >= 15 is 0 Å². The highest BCUT2D eigenvalue weighted by Gasteiger charge is 2.24. The summed E-state index contributed by atoms with van der Waals surface area (Å²) in [6.45, 7) is 8.92. The molecule has 0 saturated carbocycles. The maximum atomic E-state index is 13.5. The molecule has 400 valence electrons. The van der Waals surface area contributed by atoms with Crippen LogP contribution < -0.4 is 46.3 Å². The number of hydrazine groups is 1. The number of carbonyl (C=O) groups excluding carboxylic acids is 4. The van der Waals surface area contributed by atoms with E-state index in [0.717, 1.165) is 22.3 Å². The lowest BCUT2D eigenvalue weighted by Crippen LogP contribution is -2.41. The lowest BCUT2D eigenvalue weighted by molar-refractivity contribution is -0.684. The van der Waals surface area contributed by atoms with E-state index in [1.54, 1.807) is 81.6 Å². The number of nitrogens with one attached hydrogen (secondary N) is 9. The van der Waals surface area contributed by atoms with Crippen LogP contribution in [0.5, 0.6) is 0 Å². The van der Waals surface area contributed by atoms with Crippen LogP contribution in [0.3, 0.4) is 0 Å². The first-order chi connectivity index (χ1) is 36.4. The zero-order valence-corrected chi connectivity index (χ0v) is 44.0. The van der Waals surface area contributed by atoms with E-state index in [-0.39, 0.29) is 47.7 Å². The minimum atomic E-state index is -4.12. The van der Waals surface area contributed by atoms with Gasteiger partial charge in [0.05, 0.1) is 54.2 Å². The number of hydrogen-bond acceptors (Lipinski definition) is 15. The van der Waals surface area contributed by atoms with Crippen molar-refractivity contribution in [3.05, 3.63) is 155 Å². The zero-order chi connectivity index (χ0) is 54.8. The lowest BCUT2D eigenvalue weighted by atomic mass is 9.95. The first kappa shape index (κ1) is 57.2. The van der Waals surface area contributed by atoms with Crippen molar-refractivity contribution < 1.29 is 54.9 Å². The van der Waals surface area contributed by atoms with Crippen molar-refractivity contribution in [3.63, 3.8) is 0 Å². The summed E-state index contributed by atoms with van der Waals surface area (Å²) in [5.41, 5.74) is 21.8. The van der Waals surface area contributed by atoms with E-state index in [4.69, 9.17) is 19.8 Å². The number of aromatic nitrogens is 1. The number of amides is 4. The maximum Gasteiger partial charge on any atom is 0.327 e. The van der Waals surface area contributed by atoms with Crippen LogP contribution >= 0.6 is 0 Å². The molecule has 9 N–H and O–H groups in total. The molecule has 0 aliphatic rings. The van der Waals surface area contributed by atoms with E-state index in [1.807, 2.05) is 31.2 Å². The van der Waals surface area contributed by atoms with Crippen molar-refractivity contribution in [2.45, 2.75) is 50.6 Å². The van der Waals surface area contributed by atoms with Crippen molar-refractivity contribution in [2.75, 3.05) is 66.8 Å². The lowest BCUT2D eigenvalue weighted by Gasteiger charge is -2.17. The second-order valence-electron chi connectivity index (χ2n) is 17.0. The topological polar surface area (TPSA) is 301 Å². The summed E-state index contributed by atoms with van der Waals surface area (Å²) in [5.74, 6) is -2.58. The summed E-state index contributed by atoms with van der Waals surface area (Å²) in [7, 11) is -6.72. The average Bonchev–Trinajstić information content (AvgIpc) is 3.39. The van der Waals surface area contributed by atoms with Gasteiger partial charge in [0, 0.05) is 43.3 Å². The number of ether oxygens (including phenoxy) is 2. The molecule has 0 spiro atoms. The van der Waals surface area contributed by atoms with Crippen LogP contribution in [-0.4, -0.2) is 87.0 Å². The van der Waals surface area contributed by atoms with E-state index in [9.17, 15) is 36.0 Å². The van der Waals surface area contributed by atoms with Gasteiger partial charge in [-0.1, -0.05) is 30.3 Å². The fourth-order valence-electron chi connectivity index (χ4n) is 7.72. The van der Waals surface area contributed by atoms with E-state index < -0.39 is 37.8 Å². The Hall–Kier alpha value is -8.13. The number of hydrogen-bond donors (Lipinski definition) is 9. The molecule has 0 radical (unpaired) electrons. The second kappa shape index (κ2) is 26.9. The molecule has 0 unspecified atom stereocenters. The fraction of sp³-hybridized carbons (Fsp3) is 0.250. The number of benzene rings is 5. The summed E-state index contributed by atoms with van der Waals surface area (Å²) < 4.78 is 71.7. The number of hydroxylamine groups is 1. The molecule has 76 heavy (non-hydrogen) atoms. The molecule has 0 aliphatic carbocycles. The summed E-state index contributed by atoms with van der Waals surface area (Å²) >= 11 is 0. The Morgan fingerprint density at radius 2 is 1.29 bits per heavy atom. The van der Waals surface area contributed by atoms with Crippen LogP contribution in [0.1, 0.15) is 38.2 Å². The van der Waals surface area contributed by atoms with Gasteiger partial charge in [-0.3, -0.25) is 44.3 Å². The molecule has 4 amide bonds. The van der Waals surface area contributed by atoms with Gasteiger partial charge in [-0.25, -0.2) is 22.4 Å². The van der Waals surface area contributed by atoms with Crippen molar-refractivity contribution in [2.24, 2.45) is 5.11 Å². The Bertz CT molecular complexity index is 3290. The number of anilines is 4. The molecule has 0 aliphatic heterocycles. The molecule has 1 aromatic heterocycles. The first-order valence-corrected chi connectivity index (χ1v) is 26.6. The highest BCUT2D eigenvalue weighted by Crippen LogP contribution is 2.34. The number of sulfonamides is 2. The summed E-state index contributed by atoms with van der Waals surface area (Å²) in [6, 6.07) is 29.5. The number of pyridine rings is 1. The van der Waals surface area contributed by atoms with Gasteiger partial charge in [0.1, 0.15) is 5.56 Å². The van der Waals surface area contributed by atoms with Gasteiger partial charge in [-0.05, 0) is 139 Å². The van der Waals surface area contributed by atoms with Crippen molar-refractivity contribution >= 4 is 72.1 Å². The Balaban J connectivity index is 0.868. The third-order valence-corrected chi connectivity index (χ3v) is 14.5. The molecule has 22 nitrogen and oxygen atoms in total. The SMILES string of the molecule is CNC(=O)C(=O)NNc1ccc(NS(=O)(=O)c2ccc(C)c(NC(=O)C[n+]3cccc(C(=O)NCCOCCOCCNOCc4cccc(-c5c(C)ccc(S(=O)(=O)Nc6ccc(N=N)cc6)c5C)c4)c3)c2C)cc1. The summed E-state index contributed by atoms with van der Waals surface area (Å²) in [6.07, 6.45) is 3.16. The quantitative estimate of drug-likeness (QED) is 0.0107. The van der Waals surface area contributed by atoms with Gasteiger partial charge < -0.3 is 25.4 Å². The third-order valence-electron chi connectivity index (χ3n) is 11.5. The minimum Gasteiger partial charge on any atom is -0.378 e. The van der Waals surface area contributed by atoms with Gasteiger partial charge >= 0.3 is 11.8 Å². The molecule has 6 rings (SSSR count). The molecule has 0 bridgehead atoms.